The highest BCUT2D eigenvalue weighted by molar-refractivity contribution is 5.33. The van der Waals surface area contributed by atoms with Crippen molar-refractivity contribution in [1.29, 1.82) is 0 Å². The van der Waals surface area contributed by atoms with Gasteiger partial charge in [0, 0.05) is 0 Å². The van der Waals surface area contributed by atoms with Gasteiger partial charge in [0.1, 0.15) is 0 Å². The number of hydrogen-bond donors (Lipinski definition) is 1. The zero-order chi connectivity index (χ0) is 18.7. The highest BCUT2D eigenvalue weighted by Crippen LogP contribution is 2.81. The molecule has 4 aliphatic carbocycles. The van der Waals surface area contributed by atoms with Crippen LogP contribution in [0.5, 0.6) is 0 Å². The van der Waals surface area contributed by atoms with Crippen LogP contribution in [-0.2, 0) is 0 Å². The van der Waals surface area contributed by atoms with Gasteiger partial charge in [-0.1, -0.05) is 64.0 Å². The number of allylic oxidation sites excluding steroid dienone is 3. The predicted octanol–water partition coefficient (Wildman–Crippen LogP) is 6.59. The normalized spacial score (nSPS) is 51.3. The van der Waals surface area contributed by atoms with Gasteiger partial charge in [0.2, 0.25) is 0 Å². The SMILES string of the molecule is C=C1[C@H](C)C/C(=C/C=C2\CCC[C@]34C[C@](C)(CC)[C@@]3(C)CCC24)C[C@H]1O. The van der Waals surface area contributed by atoms with Gasteiger partial charge in [-0.3, -0.25) is 0 Å². The molecule has 6 atom stereocenters. The first-order valence-corrected chi connectivity index (χ1v) is 11.0. The zero-order valence-electron chi connectivity index (χ0n) is 17.4. The van der Waals surface area contributed by atoms with Gasteiger partial charge in [0.25, 0.3) is 0 Å². The van der Waals surface area contributed by atoms with E-state index in [2.05, 4.69) is 46.4 Å². The summed E-state index contributed by atoms with van der Waals surface area (Å²) in [5, 5.41) is 10.2. The van der Waals surface area contributed by atoms with Crippen LogP contribution in [0.25, 0.3) is 0 Å². The maximum absolute atomic E-state index is 10.2. The largest absolute Gasteiger partial charge is 0.388 e. The van der Waals surface area contributed by atoms with Crippen LogP contribution in [0.2, 0.25) is 0 Å². The number of aliphatic hydroxyl groups excluding tert-OH is 1. The average Bonchev–Trinajstić information content (AvgIpc) is 2.87. The number of aliphatic hydroxyl groups is 1. The van der Waals surface area contributed by atoms with Gasteiger partial charge >= 0.3 is 0 Å². The van der Waals surface area contributed by atoms with Crippen molar-refractivity contribution in [2.75, 3.05) is 0 Å². The van der Waals surface area contributed by atoms with Crippen LogP contribution in [0.4, 0.5) is 0 Å². The molecule has 0 aromatic heterocycles. The Morgan fingerprint density at radius 1 is 1.19 bits per heavy atom. The molecule has 1 unspecified atom stereocenters. The third-order valence-electron chi connectivity index (χ3n) is 9.67. The maximum atomic E-state index is 10.2. The predicted molar refractivity (Wildman–Crippen MR) is 110 cm³/mol. The standard InChI is InChI=1S/C25H38O/c1-6-23(4)16-25-12-7-8-20(21(25)11-13-24(23,25)5)10-9-19-14-17(2)18(3)22(26)15-19/h9-10,17,21-22,26H,3,6-8,11-16H2,1-2,4-5H3/b19-9-,20-10+/t17-,21?,22-,23+,24-,25-/m1/s1. The van der Waals surface area contributed by atoms with Crippen molar-refractivity contribution < 1.29 is 5.11 Å². The van der Waals surface area contributed by atoms with E-state index in [1.165, 1.54) is 50.5 Å². The smallest absolute Gasteiger partial charge is 0.0787 e. The summed E-state index contributed by atoms with van der Waals surface area (Å²) in [6, 6.07) is 0. The molecule has 144 valence electrons. The topological polar surface area (TPSA) is 20.2 Å². The molecule has 1 heteroatoms. The Kier molecular flexibility index (Phi) is 4.34. The van der Waals surface area contributed by atoms with Gasteiger partial charge in [-0.15, -0.1) is 0 Å². The van der Waals surface area contributed by atoms with E-state index >= 15 is 0 Å². The molecule has 1 spiro atoms. The lowest BCUT2D eigenvalue weighted by Crippen LogP contribution is -2.62. The molecule has 1 nitrogen and oxygen atoms in total. The van der Waals surface area contributed by atoms with Crippen molar-refractivity contribution in [2.24, 2.45) is 28.1 Å². The molecular weight excluding hydrogens is 316 g/mol. The molecule has 4 saturated carbocycles. The molecule has 4 fully saturated rings. The van der Waals surface area contributed by atoms with Crippen LogP contribution < -0.4 is 0 Å². The van der Waals surface area contributed by atoms with Crippen LogP contribution in [0.15, 0.2) is 35.5 Å². The van der Waals surface area contributed by atoms with Crippen LogP contribution in [-0.4, -0.2) is 11.2 Å². The summed E-state index contributed by atoms with van der Waals surface area (Å²) in [6.45, 7) is 13.8. The molecule has 0 heterocycles. The van der Waals surface area contributed by atoms with E-state index in [4.69, 9.17) is 0 Å². The molecule has 0 aromatic rings. The average molecular weight is 355 g/mol. The third kappa shape index (κ3) is 2.32. The van der Waals surface area contributed by atoms with Gasteiger partial charge in [-0.2, -0.15) is 0 Å². The van der Waals surface area contributed by atoms with Crippen molar-refractivity contribution in [3.8, 4) is 0 Å². The minimum atomic E-state index is -0.340. The summed E-state index contributed by atoms with van der Waals surface area (Å²) < 4.78 is 0. The Morgan fingerprint density at radius 2 is 1.96 bits per heavy atom. The number of hydrogen-bond acceptors (Lipinski definition) is 1. The van der Waals surface area contributed by atoms with Crippen molar-refractivity contribution in [1.82, 2.24) is 0 Å². The second kappa shape index (κ2) is 6.09. The lowest BCUT2D eigenvalue weighted by atomic mass is 9.34. The van der Waals surface area contributed by atoms with E-state index in [1.54, 1.807) is 5.57 Å². The Morgan fingerprint density at radius 3 is 2.65 bits per heavy atom. The van der Waals surface area contributed by atoms with Crippen molar-refractivity contribution >= 4 is 0 Å². The van der Waals surface area contributed by atoms with Gasteiger partial charge in [0.15, 0.2) is 0 Å². The summed E-state index contributed by atoms with van der Waals surface area (Å²) in [7, 11) is 0. The van der Waals surface area contributed by atoms with E-state index in [9.17, 15) is 5.11 Å². The van der Waals surface area contributed by atoms with Gasteiger partial charge in [-0.05, 0) is 85.0 Å². The second-order valence-corrected chi connectivity index (χ2v) is 10.5. The summed E-state index contributed by atoms with van der Waals surface area (Å²) in [5.74, 6) is 1.23. The van der Waals surface area contributed by atoms with Gasteiger partial charge < -0.3 is 5.11 Å². The van der Waals surface area contributed by atoms with Crippen molar-refractivity contribution in [3.63, 3.8) is 0 Å². The van der Waals surface area contributed by atoms with Crippen LogP contribution in [0.3, 0.4) is 0 Å². The molecule has 4 aliphatic rings. The maximum Gasteiger partial charge on any atom is 0.0787 e. The van der Waals surface area contributed by atoms with E-state index in [0.29, 0.717) is 22.2 Å². The Balaban J connectivity index is 1.57. The Bertz CT molecular complexity index is 654. The third-order valence-corrected chi connectivity index (χ3v) is 9.67. The van der Waals surface area contributed by atoms with Crippen LogP contribution >= 0.6 is 0 Å². The molecule has 0 bridgehead atoms. The minimum absolute atomic E-state index is 0.340. The van der Waals surface area contributed by atoms with Gasteiger partial charge in [-0.25, -0.2) is 0 Å². The lowest BCUT2D eigenvalue weighted by Gasteiger charge is -2.70. The fourth-order valence-electron chi connectivity index (χ4n) is 7.60. The first-order chi connectivity index (χ1) is 12.3. The van der Waals surface area contributed by atoms with Crippen LogP contribution in [0, 0.1) is 28.1 Å². The highest BCUT2D eigenvalue weighted by Gasteiger charge is 2.73. The minimum Gasteiger partial charge on any atom is -0.388 e. The molecule has 0 saturated heterocycles. The monoisotopic (exact) mass is 354 g/mol. The van der Waals surface area contributed by atoms with E-state index in [0.717, 1.165) is 24.3 Å². The molecule has 0 aliphatic heterocycles. The Labute approximate surface area is 160 Å². The van der Waals surface area contributed by atoms with Crippen molar-refractivity contribution in [2.45, 2.75) is 91.6 Å². The Hall–Kier alpha value is -0.820. The summed E-state index contributed by atoms with van der Waals surface area (Å²) >= 11 is 0. The van der Waals surface area contributed by atoms with E-state index < -0.39 is 0 Å². The molecule has 1 N–H and O–H groups in total. The molecule has 0 radical (unpaired) electrons. The second-order valence-electron chi connectivity index (χ2n) is 10.5. The molecule has 4 rings (SSSR count). The first kappa shape index (κ1) is 18.5. The molecule has 0 aromatic carbocycles. The molecular formula is C25H38O. The fourth-order valence-corrected chi connectivity index (χ4v) is 7.60. The first-order valence-electron chi connectivity index (χ1n) is 11.0. The number of rotatable bonds is 2. The van der Waals surface area contributed by atoms with Crippen molar-refractivity contribution in [3.05, 3.63) is 35.5 Å². The summed E-state index contributed by atoms with van der Waals surface area (Å²) in [4.78, 5) is 0. The fraction of sp³-hybridized carbons (Fsp3) is 0.760. The van der Waals surface area contributed by atoms with E-state index in [-0.39, 0.29) is 6.10 Å². The molecule has 0 amide bonds. The van der Waals surface area contributed by atoms with Gasteiger partial charge in [0.05, 0.1) is 6.10 Å². The van der Waals surface area contributed by atoms with E-state index in [1.807, 2.05) is 0 Å². The molecule has 26 heavy (non-hydrogen) atoms. The summed E-state index contributed by atoms with van der Waals surface area (Å²) in [5.41, 5.74) is 5.86. The summed E-state index contributed by atoms with van der Waals surface area (Å²) in [6.07, 6.45) is 16.1. The highest BCUT2D eigenvalue weighted by atomic mass is 16.3. The van der Waals surface area contributed by atoms with Crippen LogP contribution in [0.1, 0.15) is 85.5 Å². The zero-order valence-corrected chi connectivity index (χ0v) is 17.4. The lowest BCUT2D eigenvalue weighted by molar-refractivity contribution is -0.203. The quantitative estimate of drug-likeness (QED) is 0.554.